The molecule has 3 aliphatic rings. The fraction of sp³-hybridized carbons (Fsp3) is 0.467. The van der Waals surface area contributed by atoms with Gasteiger partial charge in [0, 0.05) is 49.7 Å². The number of aromatic nitrogens is 1. The highest BCUT2D eigenvalue weighted by molar-refractivity contribution is 7.09. The number of carbonyl (C=O) groups is 3. The van der Waals surface area contributed by atoms with Gasteiger partial charge in [0.25, 0.3) is 0 Å². The molecule has 0 atom stereocenters. The minimum Gasteiger partial charge on any atom is -0.444 e. The lowest BCUT2D eigenvalue weighted by Gasteiger charge is -2.43. The monoisotopic (exact) mass is 548 g/mol. The zero-order chi connectivity index (χ0) is 27.6. The topological polar surface area (TPSA) is 91.8 Å². The summed E-state index contributed by atoms with van der Waals surface area (Å²) in [6.07, 6.45) is 10.5. The van der Waals surface area contributed by atoms with Gasteiger partial charge < -0.3 is 19.9 Å². The number of rotatable bonds is 4. The van der Waals surface area contributed by atoms with Gasteiger partial charge in [0.05, 0.1) is 5.41 Å². The van der Waals surface area contributed by atoms with Gasteiger partial charge in [-0.15, -0.1) is 11.3 Å². The Hall–Kier alpha value is -3.46. The molecule has 39 heavy (non-hydrogen) atoms. The summed E-state index contributed by atoms with van der Waals surface area (Å²) >= 11 is 1.77. The number of likely N-dealkylation sites (tertiary alicyclic amines) is 1. The van der Waals surface area contributed by atoms with E-state index in [4.69, 9.17) is 4.74 Å². The van der Waals surface area contributed by atoms with Crippen molar-refractivity contribution >= 4 is 41.1 Å². The second-order valence-electron chi connectivity index (χ2n) is 11.6. The molecule has 2 aromatic heterocycles. The molecule has 0 aromatic carbocycles. The summed E-state index contributed by atoms with van der Waals surface area (Å²) in [6, 6.07) is 6.23. The smallest absolute Gasteiger partial charge is 0.410 e. The minimum absolute atomic E-state index is 0.0153. The van der Waals surface area contributed by atoms with Crippen LogP contribution in [-0.4, -0.2) is 64.5 Å². The summed E-state index contributed by atoms with van der Waals surface area (Å²) in [4.78, 5) is 47.7. The summed E-state index contributed by atoms with van der Waals surface area (Å²) < 4.78 is 5.50. The van der Waals surface area contributed by atoms with Crippen LogP contribution in [0.25, 0.3) is 6.08 Å². The predicted molar refractivity (Wildman–Crippen MR) is 152 cm³/mol. The number of nitrogens with one attached hydrogen (secondary N) is 1. The second-order valence-corrected chi connectivity index (χ2v) is 12.7. The number of anilines is 1. The summed E-state index contributed by atoms with van der Waals surface area (Å²) in [5.74, 6) is 0.517. The molecule has 0 unspecified atom stereocenters. The molecule has 3 amide bonds. The average molecular weight is 549 g/mol. The van der Waals surface area contributed by atoms with Gasteiger partial charge in [-0.2, -0.15) is 0 Å². The fourth-order valence-electron chi connectivity index (χ4n) is 5.38. The SMILES string of the molecule is CC(C)(C)OC(=O)N1CCC2(CC1)Cc1cc(/C=C/C(=O)N3CC=C(Cc4cccs4)CC3)cnc1NC2=O. The third kappa shape index (κ3) is 6.41. The van der Waals surface area contributed by atoms with Crippen LogP contribution >= 0.6 is 11.3 Å². The summed E-state index contributed by atoms with van der Waals surface area (Å²) in [5.41, 5.74) is 2.03. The summed E-state index contributed by atoms with van der Waals surface area (Å²) in [7, 11) is 0. The van der Waals surface area contributed by atoms with Gasteiger partial charge in [-0.05, 0) is 81.2 Å². The largest absolute Gasteiger partial charge is 0.444 e. The number of nitrogens with zero attached hydrogens (tertiary/aromatic N) is 3. The molecule has 0 aliphatic carbocycles. The molecule has 2 aromatic rings. The van der Waals surface area contributed by atoms with Crippen molar-refractivity contribution in [1.29, 1.82) is 0 Å². The Morgan fingerprint density at radius 2 is 2.00 bits per heavy atom. The number of ether oxygens (including phenoxy) is 1. The number of pyridine rings is 1. The Morgan fingerprint density at radius 1 is 1.21 bits per heavy atom. The molecule has 1 saturated heterocycles. The van der Waals surface area contributed by atoms with Crippen molar-refractivity contribution in [1.82, 2.24) is 14.8 Å². The van der Waals surface area contributed by atoms with Gasteiger partial charge in [0.2, 0.25) is 11.8 Å². The van der Waals surface area contributed by atoms with Crippen molar-refractivity contribution in [2.24, 2.45) is 5.41 Å². The number of fused-ring (bicyclic) bond motifs is 1. The van der Waals surface area contributed by atoms with E-state index in [-0.39, 0.29) is 17.9 Å². The van der Waals surface area contributed by atoms with Gasteiger partial charge in [0.1, 0.15) is 11.4 Å². The van der Waals surface area contributed by atoms with Crippen LogP contribution in [0.5, 0.6) is 0 Å². The molecule has 8 nitrogen and oxygen atoms in total. The van der Waals surface area contributed by atoms with Gasteiger partial charge in [-0.1, -0.05) is 17.7 Å². The van der Waals surface area contributed by atoms with Gasteiger partial charge >= 0.3 is 6.09 Å². The van der Waals surface area contributed by atoms with Crippen LogP contribution in [0.1, 0.15) is 56.0 Å². The second kappa shape index (κ2) is 11.0. The Bertz CT molecular complexity index is 1300. The maximum absolute atomic E-state index is 13.1. The maximum atomic E-state index is 13.1. The third-order valence-electron chi connectivity index (χ3n) is 7.62. The first-order chi connectivity index (χ1) is 18.6. The van der Waals surface area contributed by atoms with Crippen molar-refractivity contribution in [3.8, 4) is 0 Å². The normalized spacial score (nSPS) is 19.1. The first kappa shape index (κ1) is 27.1. The van der Waals surface area contributed by atoms with Gasteiger partial charge in [-0.25, -0.2) is 9.78 Å². The number of hydrogen-bond donors (Lipinski definition) is 1. The average Bonchev–Trinajstić information content (AvgIpc) is 3.41. The van der Waals surface area contributed by atoms with Crippen LogP contribution in [0.3, 0.4) is 0 Å². The molecule has 1 N–H and O–H groups in total. The molecule has 206 valence electrons. The number of amides is 3. The molecule has 5 rings (SSSR count). The van der Waals surface area contributed by atoms with Crippen LogP contribution in [0, 0.1) is 5.41 Å². The molecule has 9 heteroatoms. The summed E-state index contributed by atoms with van der Waals surface area (Å²) in [6.45, 7) is 7.83. The van der Waals surface area contributed by atoms with E-state index in [0.717, 1.165) is 30.5 Å². The van der Waals surface area contributed by atoms with Crippen LogP contribution in [-0.2, 0) is 27.2 Å². The molecule has 1 spiro atoms. The van der Waals surface area contributed by atoms with E-state index >= 15 is 0 Å². The molecular formula is C30H36N4O4S. The first-order valence-electron chi connectivity index (χ1n) is 13.6. The maximum Gasteiger partial charge on any atom is 0.410 e. The number of carbonyl (C=O) groups excluding carboxylic acids is 3. The van der Waals surface area contributed by atoms with E-state index in [0.29, 0.717) is 44.7 Å². The van der Waals surface area contributed by atoms with Crippen LogP contribution in [0.2, 0.25) is 0 Å². The van der Waals surface area contributed by atoms with E-state index in [9.17, 15) is 14.4 Å². The zero-order valence-electron chi connectivity index (χ0n) is 22.9. The highest BCUT2D eigenvalue weighted by atomic mass is 32.1. The highest BCUT2D eigenvalue weighted by Crippen LogP contribution is 2.41. The Kier molecular flexibility index (Phi) is 7.62. The Labute approximate surface area is 233 Å². The van der Waals surface area contributed by atoms with Crippen LogP contribution < -0.4 is 5.32 Å². The highest BCUT2D eigenvalue weighted by Gasteiger charge is 2.46. The van der Waals surface area contributed by atoms with Crippen molar-refractivity contribution in [2.45, 2.75) is 58.5 Å². The van der Waals surface area contributed by atoms with Gasteiger partial charge in [-0.3, -0.25) is 9.59 Å². The lowest BCUT2D eigenvalue weighted by molar-refractivity contribution is -0.129. The Balaban J connectivity index is 1.19. The van der Waals surface area contributed by atoms with E-state index in [1.54, 1.807) is 34.6 Å². The van der Waals surface area contributed by atoms with Crippen molar-refractivity contribution in [2.75, 3.05) is 31.5 Å². The van der Waals surface area contributed by atoms with Gasteiger partial charge in [0.15, 0.2) is 0 Å². The molecular weight excluding hydrogens is 512 g/mol. The molecule has 0 saturated carbocycles. The molecule has 5 heterocycles. The lowest BCUT2D eigenvalue weighted by Crippen LogP contribution is -2.51. The molecule has 1 fully saturated rings. The van der Waals surface area contributed by atoms with E-state index in [2.05, 4.69) is 33.9 Å². The van der Waals surface area contributed by atoms with Crippen molar-refractivity contribution < 1.29 is 19.1 Å². The van der Waals surface area contributed by atoms with E-state index in [1.165, 1.54) is 10.5 Å². The number of piperidine rings is 1. The lowest BCUT2D eigenvalue weighted by atomic mass is 9.71. The van der Waals surface area contributed by atoms with Crippen LogP contribution in [0.15, 0.2) is 47.5 Å². The molecule has 0 bridgehead atoms. The quantitative estimate of drug-likeness (QED) is 0.426. The number of thiophene rings is 1. The van der Waals surface area contributed by atoms with Crippen LogP contribution in [0.4, 0.5) is 10.6 Å². The minimum atomic E-state index is -0.577. The van der Waals surface area contributed by atoms with E-state index in [1.807, 2.05) is 31.7 Å². The third-order valence-corrected chi connectivity index (χ3v) is 8.49. The molecule has 0 radical (unpaired) electrons. The summed E-state index contributed by atoms with van der Waals surface area (Å²) in [5, 5.41) is 5.07. The van der Waals surface area contributed by atoms with Crippen molar-refractivity contribution in [3.05, 3.63) is 63.5 Å². The fourth-order valence-corrected chi connectivity index (χ4v) is 6.14. The standard InChI is InChI=1S/C30H36N4O4S/c1-29(2,3)38-28(37)34-14-10-30(11-15-34)19-23-17-22(20-31-26(23)32-27(30)36)6-7-25(35)33-12-8-21(9-13-33)18-24-5-4-16-39-24/h4-8,16-17,20H,9-15,18-19H2,1-3H3,(H,31,32,36)/b7-6+. The molecule has 3 aliphatic heterocycles. The Morgan fingerprint density at radius 3 is 2.67 bits per heavy atom. The number of hydrogen-bond acceptors (Lipinski definition) is 6. The first-order valence-corrected chi connectivity index (χ1v) is 14.4. The van der Waals surface area contributed by atoms with Crippen molar-refractivity contribution in [3.63, 3.8) is 0 Å². The zero-order valence-corrected chi connectivity index (χ0v) is 23.7. The predicted octanol–water partition coefficient (Wildman–Crippen LogP) is 5.07. The van der Waals surface area contributed by atoms with E-state index < -0.39 is 11.0 Å².